The molecule has 6 heteroatoms. The molecule has 0 aliphatic rings. The van der Waals surface area contributed by atoms with Crippen molar-refractivity contribution in [2.75, 3.05) is 6.54 Å². The highest BCUT2D eigenvalue weighted by molar-refractivity contribution is 5.73. The van der Waals surface area contributed by atoms with Crippen LogP contribution in [0, 0.1) is 11.3 Å². The molecule has 1 aromatic carbocycles. The van der Waals surface area contributed by atoms with Gasteiger partial charge in [-0.2, -0.15) is 5.26 Å². The van der Waals surface area contributed by atoms with Crippen LogP contribution in [0.3, 0.4) is 0 Å². The molecule has 1 rings (SSSR count). The summed E-state index contributed by atoms with van der Waals surface area (Å²) in [6.07, 6.45) is 1.15. The van der Waals surface area contributed by atoms with Crippen LogP contribution in [0.4, 0.5) is 0 Å². The van der Waals surface area contributed by atoms with Crippen molar-refractivity contribution in [2.45, 2.75) is 39.7 Å². The standard InChI is InChI=1S/C16H20N2O4/c1-11(18-8-4-7-17)9-14-5-6-15(21-12(2)19)16(10-14)22-13(3)20/h5-6,10-11,18H,4,8-9H2,1-3H3. The Kier molecular flexibility index (Phi) is 7.06. The van der Waals surface area contributed by atoms with Crippen LogP contribution in [-0.2, 0) is 16.0 Å². The quantitative estimate of drug-likeness (QED) is 0.471. The summed E-state index contributed by atoms with van der Waals surface area (Å²) in [6, 6.07) is 7.34. The lowest BCUT2D eigenvalue weighted by Crippen LogP contribution is -2.28. The molecule has 1 N–H and O–H groups in total. The number of carbonyl (C=O) groups excluding carboxylic acids is 2. The molecule has 1 aromatic rings. The van der Waals surface area contributed by atoms with E-state index in [2.05, 4.69) is 11.4 Å². The van der Waals surface area contributed by atoms with Gasteiger partial charge in [0.05, 0.1) is 6.07 Å². The third-order valence-electron chi connectivity index (χ3n) is 2.79. The molecule has 0 fully saturated rings. The maximum Gasteiger partial charge on any atom is 0.308 e. The van der Waals surface area contributed by atoms with Gasteiger partial charge in [-0.1, -0.05) is 6.07 Å². The number of carbonyl (C=O) groups is 2. The van der Waals surface area contributed by atoms with Crippen molar-refractivity contribution in [1.82, 2.24) is 5.32 Å². The molecule has 0 bridgehead atoms. The van der Waals surface area contributed by atoms with Crippen LogP contribution >= 0.6 is 0 Å². The smallest absolute Gasteiger partial charge is 0.308 e. The van der Waals surface area contributed by atoms with Crippen LogP contribution in [0.15, 0.2) is 18.2 Å². The third-order valence-corrected chi connectivity index (χ3v) is 2.79. The van der Waals surface area contributed by atoms with Gasteiger partial charge in [0.2, 0.25) is 0 Å². The molecular formula is C16H20N2O4. The van der Waals surface area contributed by atoms with E-state index < -0.39 is 11.9 Å². The van der Waals surface area contributed by atoms with E-state index in [1.54, 1.807) is 12.1 Å². The van der Waals surface area contributed by atoms with E-state index in [-0.39, 0.29) is 17.5 Å². The van der Waals surface area contributed by atoms with Gasteiger partial charge in [0.15, 0.2) is 11.5 Å². The summed E-state index contributed by atoms with van der Waals surface area (Å²) in [6.45, 7) is 5.20. The molecule has 22 heavy (non-hydrogen) atoms. The van der Waals surface area contributed by atoms with E-state index in [1.165, 1.54) is 13.8 Å². The highest BCUT2D eigenvalue weighted by Crippen LogP contribution is 2.29. The highest BCUT2D eigenvalue weighted by Gasteiger charge is 2.12. The molecule has 0 aromatic heterocycles. The minimum Gasteiger partial charge on any atom is -0.423 e. The lowest BCUT2D eigenvalue weighted by atomic mass is 10.1. The second kappa shape index (κ2) is 8.80. The van der Waals surface area contributed by atoms with Crippen molar-refractivity contribution in [2.24, 2.45) is 0 Å². The summed E-state index contributed by atoms with van der Waals surface area (Å²) in [5.41, 5.74) is 0.934. The van der Waals surface area contributed by atoms with Gasteiger partial charge in [0.1, 0.15) is 0 Å². The van der Waals surface area contributed by atoms with Crippen LogP contribution in [0.5, 0.6) is 11.5 Å². The molecule has 0 amide bonds. The monoisotopic (exact) mass is 304 g/mol. The average Bonchev–Trinajstić information content (AvgIpc) is 2.41. The molecular weight excluding hydrogens is 284 g/mol. The molecule has 118 valence electrons. The minimum absolute atomic E-state index is 0.165. The Morgan fingerprint density at radius 1 is 1.23 bits per heavy atom. The van der Waals surface area contributed by atoms with Crippen LogP contribution in [0.25, 0.3) is 0 Å². The van der Waals surface area contributed by atoms with Crippen molar-refractivity contribution in [3.8, 4) is 17.6 Å². The fraction of sp³-hybridized carbons (Fsp3) is 0.438. The van der Waals surface area contributed by atoms with Crippen LogP contribution in [0.1, 0.15) is 32.8 Å². The Labute approximate surface area is 130 Å². The number of esters is 2. The third kappa shape index (κ3) is 6.37. The largest absolute Gasteiger partial charge is 0.423 e. The van der Waals surface area contributed by atoms with Gasteiger partial charge in [-0.15, -0.1) is 0 Å². The first kappa shape index (κ1) is 17.7. The number of ether oxygens (including phenoxy) is 2. The molecule has 0 aliphatic carbocycles. The SMILES string of the molecule is CC(=O)Oc1ccc(CC(C)NCCC#N)cc1OC(C)=O. The predicted octanol–water partition coefficient (Wildman–Crippen LogP) is 1.97. The molecule has 0 heterocycles. The van der Waals surface area contributed by atoms with Crippen LogP contribution in [-0.4, -0.2) is 24.5 Å². The fourth-order valence-corrected chi connectivity index (χ4v) is 1.95. The van der Waals surface area contributed by atoms with Crippen molar-refractivity contribution in [1.29, 1.82) is 5.26 Å². The van der Waals surface area contributed by atoms with Crippen LogP contribution in [0.2, 0.25) is 0 Å². The van der Waals surface area contributed by atoms with E-state index in [9.17, 15) is 9.59 Å². The first-order valence-corrected chi connectivity index (χ1v) is 7.02. The van der Waals surface area contributed by atoms with Gasteiger partial charge in [0.25, 0.3) is 0 Å². The number of nitrogens with zero attached hydrogens (tertiary/aromatic N) is 1. The molecule has 0 spiro atoms. The number of nitriles is 1. The van der Waals surface area contributed by atoms with E-state index in [0.29, 0.717) is 19.4 Å². The lowest BCUT2D eigenvalue weighted by molar-refractivity contribution is -0.134. The average molecular weight is 304 g/mol. The number of rotatable bonds is 7. The molecule has 0 radical (unpaired) electrons. The molecule has 0 aliphatic heterocycles. The van der Waals surface area contributed by atoms with Gasteiger partial charge in [0, 0.05) is 32.9 Å². The highest BCUT2D eigenvalue weighted by atomic mass is 16.6. The normalized spacial score (nSPS) is 11.4. The van der Waals surface area contributed by atoms with Crippen molar-refractivity contribution < 1.29 is 19.1 Å². The number of nitrogens with one attached hydrogen (secondary N) is 1. The molecule has 0 saturated carbocycles. The van der Waals surface area contributed by atoms with E-state index in [4.69, 9.17) is 14.7 Å². The van der Waals surface area contributed by atoms with Gasteiger partial charge >= 0.3 is 11.9 Å². The van der Waals surface area contributed by atoms with E-state index >= 15 is 0 Å². The van der Waals surface area contributed by atoms with Crippen LogP contribution < -0.4 is 14.8 Å². The molecule has 6 nitrogen and oxygen atoms in total. The second-order valence-electron chi connectivity index (χ2n) is 4.94. The zero-order valence-electron chi connectivity index (χ0n) is 13.0. The first-order valence-electron chi connectivity index (χ1n) is 7.02. The Morgan fingerprint density at radius 3 is 2.45 bits per heavy atom. The molecule has 0 saturated heterocycles. The topological polar surface area (TPSA) is 88.4 Å². The first-order chi connectivity index (χ1) is 10.4. The Bertz CT molecular complexity index is 578. The Morgan fingerprint density at radius 2 is 1.86 bits per heavy atom. The number of benzene rings is 1. The summed E-state index contributed by atoms with van der Waals surface area (Å²) in [5.74, 6) is -0.514. The summed E-state index contributed by atoms with van der Waals surface area (Å²) in [5, 5.41) is 11.7. The summed E-state index contributed by atoms with van der Waals surface area (Å²) in [7, 11) is 0. The maximum atomic E-state index is 11.2. The van der Waals surface area contributed by atoms with Crippen molar-refractivity contribution in [3.05, 3.63) is 23.8 Å². The minimum atomic E-state index is -0.481. The van der Waals surface area contributed by atoms with E-state index in [1.807, 2.05) is 13.0 Å². The predicted molar refractivity (Wildman–Crippen MR) is 80.5 cm³/mol. The maximum absolute atomic E-state index is 11.2. The van der Waals surface area contributed by atoms with Gasteiger partial charge < -0.3 is 14.8 Å². The van der Waals surface area contributed by atoms with Gasteiger partial charge in [-0.25, -0.2) is 0 Å². The van der Waals surface area contributed by atoms with Crippen molar-refractivity contribution in [3.63, 3.8) is 0 Å². The second-order valence-corrected chi connectivity index (χ2v) is 4.94. The lowest BCUT2D eigenvalue weighted by Gasteiger charge is -2.15. The Balaban J connectivity index is 2.82. The van der Waals surface area contributed by atoms with Gasteiger partial charge in [-0.05, 0) is 31.0 Å². The summed E-state index contributed by atoms with van der Waals surface area (Å²) >= 11 is 0. The summed E-state index contributed by atoms with van der Waals surface area (Å²) in [4.78, 5) is 22.2. The zero-order valence-corrected chi connectivity index (χ0v) is 13.0. The van der Waals surface area contributed by atoms with Gasteiger partial charge in [-0.3, -0.25) is 9.59 Å². The van der Waals surface area contributed by atoms with E-state index in [0.717, 1.165) is 5.56 Å². The zero-order chi connectivity index (χ0) is 16.5. The Hall–Kier alpha value is -2.39. The molecule has 1 unspecified atom stereocenters. The fourth-order valence-electron chi connectivity index (χ4n) is 1.95. The summed E-state index contributed by atoms with van der Waals surface area (Å²) < 4.78 is 10.1. The number of hydrogen-bond acceptors (Lipinski definition) is 6. The number of hydrogen-bond donors (Lipinski definition) is 1. The van der Waals surface area contributed by atoms with Crippen molar-refractivity contribution >= 4 is 11.9 Å². The molecule has 1 atom stereocenters.